The van der Waals surface area contributed by atoms with E-state index in [9.17, 15) is 14.9 Å². The summed E-state index contributed by atoms with van der Waals surface area (Å²) in [5, 5.41) is 13.7. The van der Waals surface area contributed by atoms with E-state index in [1.54, 1.807) is 6.07 Å². The summed E-state index contributed by atoms with van der Waals surface area (Å²) in [5.41, 5.74) is 2.05. The molecule has 140 valence electrons. The number of benzene rings is 2. The molecule has 0 radical (unpaired) electrons. The predicted molar refractivity (Wildman–Crippen MR) is 103 cm³/mol. The van der Waals surface area contributed by atoms with Gasteiger partial charge in [-0.05, 0) is 30.3 Å². The molecule has 0 aliphatic carbocycles. The zero-order valence-electron chi connectivity index (χ0n) is 14.3. The molecule has 0 spiro atoms. The highest BCUT2D eigenvalue weighted by atomic mass is 35.5. The number of carbonyl (C=O) groups is 1. The molecule has 2 aromatic carbocycles. The summed E-state index contributed by atoms with van der Waals surface area (Å²) in [7, 11) is 0. The van der Waals surface area contributed by atoms with E-state index in [1.165, 1.54) is 24.3 Å². The lowest BCUT2D eigenvalue weighted by molar-refractivity contribution is -0.384. The van der Waals surface area contributed by atoms with Gasteiger partial charge in [-0.15, -0.1) is 0 Å². The number of hydrogen-bond donors (Lipinski definition) is 2. The van der Waals surface area contributed by atoms with Gasteiger partial charge >= 0.3 is 0 Å². The average molecular weight is 397 g/mol. The van der Waals surface area contributed by atoms with Gasteiger partial charge in [-0.25, -0.2) is 4.98 Å². The summed E-state index contributed by atoms with van der Waals surface area (Å²) < 4.78 is 5.56. The first-order chi connectivity index (χ1) is 13.5. The van der Waals surface area contributed by atoms with Gasteiger partial charge in [0.2, 0.25) is 0 Å². The summed E-state index contributed by atoms with van der Waals surface area (Å²) in [6.07, 6.45) is 0. The summed E-state index contributed by atoms with van der Waals surface area (Å²) >= 11 is 6.10. The molecule has 0 saturated heterocycles. The van der Waals surface area contributed by atoms with E-state index in [0.29, 0.717) is 17.1 Å². The Balaban J connectivity index is 1.47. The van der Waals surface area contributed by atoms with Gasteiger partial charge in [-0.1, -0.05) is 23.7 Å². The standard InChI is InChI=1S/C19H13ClN4O4/c20-13-9-11(24(26)27)5-6-12(13)16-7-8-17(28-16)19(25)21-10-18-22-14-3-1-2-4-15(14)23-18/h1-9H,10H2,(H,21,25)(H,22,23). The van der Waals surface area contributed by atoms with Crippen molar-refractivity contribution in [3.8, 4) is 11.3 Å². The van der Waals surface area contributed by atoms with E-state index in [0.717, 1.165) is 11.0 Å². The Hall–Kier alpha value is -3.65. The van der Waals surface area contributed by atoms with E-state index in [-0.39, 0.29) is 23.0 Å². The van der Waals surface area contributed by atoms with Crippen molar-refractivity contribution in [3.05, 3.63) is 81.3 Å². The van der Waals surface area contributed by atoms with Gasteiger partial charge in [0, 0.05) is 17.7 Å². The highest BCUT2D eigenvalue weighted by Gasteiger charge is 2.16. The van der Waals surface area contributed by atoms with Crippen LogP contribution in [0.1, 0.15) is 16.4 Å². The number of para-hydroxylation sites is 2. The third-order valence-electron chi connectivity index (χ3n) is 4.11. The van der Waals surface area contributed by atoms with Crippen LogP contribution in [-0.2, 0) is 6.54 Å². The normalized spacial score (nSPS) is 10.9. The van der Waals surface area contributed by atoms with Crippen LogP contribution in [0.5, 0.6) is 0 Å². The van der Waals surface area contributed by atoms with Crippen LogP contribution < -0.4 is 5.32 Å². The molecule has 4 rings (SSSR count). The zero-order chi connectivity index (χ0) is 19.7. The second-order valence-electron chi connectivity index (χ2n) is 5.97. The second kappa shape index (κ2) is 7.16. The molecule has 4 aromatic rings. The fourth-order valence-corrected chi connectivity index (χ4v) is 3.03. The first kappa shape index (κ1) is 17.7. The zero-order valence-corrected chi connectivity index (χ0v) is 15.1. The molecule has 0 atom stereocenters. The minimum Gasteiger partial charge on any atom is -0.451 e. The van der Waals surface area contributed by atoms with Crippen molar-refractivity contribution in [3.63, 3.8) is 0 Å². The van der Waals surface area contributed by atoms with Crippen molar-refractivity contribution in [1.82, 2.24) is 15.3 Å². The van der Waals surface area contributed by atoms with E-state index < -0.39 is 10.8 Å². The Morgan fingerprint density at radius 2 is 2.04 bits per heavy atom. The van der Waals surface area contributed by atoms with Gasteiger partial charge in [-0.3, -0.25) is 14.9 Å². The number of halogens is 1. The lowest BCUT2D eigenvalue weighted by Gasteiger charge is -2.02. The van der Waals surface area contributed by atoms with Gasteiger partial charge in [0.25, 0.3) is 11.6 Å². The predicted octanol–water partition coefficient (Wildman–Crippen LogP) is 4.31. The molecule has 0 aliphatic rings. The van der Waals surface area contributed by atoms with Gasteiger partial charge in [0.05, 0.1) is 27.5 Å². The van der Waals surface area contributed by atoms with Crippen LogP contribution in [0.2, 0.25) is 5.02 Å². The van der Waals surface area contributed by atoms with E-state index >= 15 is 0 Å². The largest absolute Gasteiger partial charge is 0.451 e. The van der Waals surface area contributed by atoms with E-state index in [4.69, 9.17) is 16.0 Å². The monoisotopic (exact) mass is 396 g/mol. The number of carbonyl (C=O) groups excluding carboxylic acids is 1. The van der Waals surface area contributed by atoms with Crippen molar-refractivity contribution in [2.75, 3.05) is 0 Å². The molecule has 1 amide bonds. The van der Waals surface area contributed by atoms with E-state index in [2.05, 4.69) is 15.3 Å². The molecule has 8 nitrogen and oxygen atoms in total. The topological polar surface area (TPSA) is 114 Å². The number of rotatable bonds is 5. The van der Waals surface area contributed by atoms with Gasteiger partial charge < -0.3 is 14.7 Å². The molecule has 2 aromatic heterocycles. The Morgan fingerprint density at radius 3 is 2.79 bits per heavy atom. The van der Waals surface area contributed by atoms with Crippen molar-refractivity contribution in [2.45, 2.75) is 6.54 Å². The van der Waals surface area contributed by atoms with Crippen molar-refractivity contribution < 1.29 is 14.1 Å². The number of aromatic nitrogens is 2. The molecular formula is C19H13ClN4O4. The molecule has 0 aliphatic heterocycles. The lowest BCUT2D eigenvalue weighted by atomic mass is 10.1. The number of nitro benzene ring substituents is 1. The highest BCUT2D eigenvalue weighted by Crippen LogP contribution is 2.32. The van der Waals surface area contributed by atoms with Crippen LogP contribution in [0.25, 0.3) is 22.4 Å². The smallest absolute Gasteiger partial charge is 0.287 e. The van der Waals surface area contributed by atoms with Crippen LogP contribution in [0.4, 0.5) is 5.69 Å². The lowest BCUT2D eigenvalue weighted by Crippen LogP contribution is -2.22. The number of nitrogens with one attached hydrogen (secondary N) is 2. The minimum atomic E-state index is -0.533. The fraction of sp³-hybridized carbons (Fsp3) is 0.0526. The van der Waals surface area contributed by atoms with Gasteiger partial charge in [-0.2, -0.15) is 0 Å². The molecule has 0 unspecified atom stereocenters. The molecule has 2 heterocycles. The molecule has 0 fully saturated rings. The molecule has 28 heavy (non-hydrogen) atoms. The van der Waals surface area contributed by atoms with Gasteiger partial charge in [0.15, 0.2) is 5.76 Å². The van der Waals surface area contributed by atoms with Crippen molar-refractivity contribution in [1.29, 1.82) is 0 Å². The second-order valence-corrected chi connectivity index (χ2v) is 6.38. The Kier molecular flexibility index (Phi) is 4.54. The van der Waals surface area contributed by atoms with Crippen molar-refractivity contribution in [2.24, 2.45) is 0 Å². The molecule has 0 bridgehead atoms. The first-order valence-corrected chi connectivity index (χ1v) is 8.65. The van der Waals surface area contributed by atoms with E-state index in [1.807, 2.05) is 24.3 Å². The number of aromatic amines is 1. The maximum atomic E-state index is 12.3. The quantitative estimate of drug-likeness (QED) is 0.385. The SMILES string of the molecule is O=C(NCc1nc2ccccc2[nH]1)c1ccc(-c2ccc([N+](=O)[O-])cc2Cl)o1. The van der Waals surface area contributed by atoms with Crippen LogP contribution in [0, 0.1) is 10.1 Å². The molecule has 0 saturated carbocycles. The number of H-pyrrole nitrogens is 1. The summed E-state index contributed by atoms with van der Waals surface area (Å²) in [5.74, 6) is 0.652. The summed E-state index contributed by atoms with van der Waals surface area (Å²) in [4.78, 5) is 30.1. The number of nitrogens with zero attached hydrogens (tertiary/aromatic N) is 2. The Morgan fingerprint density at radius 1 is 1.21 bits per heavy atom. The third-order valence-corrected chi connectivity index (χ3v) is 4.43. The molecule has 9 heteroatoms. The number of imidazole rings is 1. The minimum absolute atomic E-state index is 0.0977. The molecular weight excluding hydrogens is 384 g/mol. The number of fused-ring (bicyclic) bond motifs is 1. The van der Waals surface area contributed by atoms with Crippen LogP contribution in [0.15, 0.2) is 59.0 Å². The Labute approximate surface area is 163 Å². The Bertz CT molecular complexity index is 1160. The highest BCUT2D eigenvalue weighted by molar-refractivity contribution is 6.33. The number of non-ortho nitro benzene ring substituents is 1. The summed E-state index contributed by atoms with van der Waals surface area (Å²) in [6, 6.07) is 14.7. The summed E-state index contributed by atoms with van der Waals surface area (Å²) in [6.45, 7) is 0.210. The number of furan rings is 1. The van der Waals surface area contributed by atoms with Crippen molar-refractivity contribution >= 4 is 34.2 Å². The van der Waals surface area contributed by atoms with Crippen LogP contribution >= 0.6 is 11.6 Å². The van der Waals surface area contributed by atoms with Crippen LogP contribution in [-0.4, -0.2) is 20.8 Å². The first-order valence-electron chi connectivity index (χ1n) is 8.27. The third kappa shape index (κ3) is 3.45. The maximum absolute atomic E-state index is 12.3. The fourth-order valence-electron chi connectivity index (χ4n) is 2.76. The maximum Gasteiger partial charge on any atom is 0.287 e. The number of hydrogen-bond acceptors (Lipinski definition) is 5. The molecule has 2 N–H and O–H groups in total. The number of nitro groups is 1. The number of amides is 1. The average Bonchev–Trinajstić information content (AvgIpc) is 3.32. The van der Waals surface area contributed by atoms with Gasteiger partial charge in [0.1, 0.15) is 11.6 Å². The van der Waals surface area contributed by atoms with Crippen LogP contribution in [0.3, 0.4) is 0 Å².